The van der Waals surface area contributed by atoms with E-state index in [2.05, 4.69) is 30.9 Å². The first-order chi connectivity index (χ1) is 10.9. The molecule has 0 radical (unpaired) electrons. The number of hydrogen-bond acceptors (Lipinski definition) is 3. The monoisotopic (exact) mass is 318 g/mol. The Morgan fingerprint density at radius 3 is 2.78 bits per heavy atom. The van der Waals surface area contributed by atoms with Crippen LogP contribution < -0.4 is 0 Å². The highest BCUT2D eigenvalue weighted by molar-refractivity contribution is 5.81. The number of rotatable bonds is 5. The number of likely N-dealkylation sites (tertiary alicyclic amines) is 1. The van der Waals surface area contributed by atoms with Gasteiger partial charge in [-0.15, -0.1) is 0 Å². The van der Waals surface area contributed by atoms with E-state index in [1.54, 1.807) is 0 Å². The number of likely N-dealkylation sites (N-methyl/N-ethyl adjacent to an activating group) is 1. The number of carbonyl (C=O) groups is 1. The molecule has 1 aromatic carbocycles. The molecule has 0 aliphatic carbocycles. The minimum absolute atomic E-state index is 0.0820. The van der Waals surface area contributed by atoms with Crippen molar-refractivity contribution in [3.05, 3.63) is 35.4 Å². The van der Waals surface area contributed by atoms with E-state index in [9.17, 15) is 9.90 Å². The molecule has 4 heteroatoms. The van der Waals surface area contributed by atoms with E-state index in [0.717, 1.165) is 25.9 Å². The summed E-state index contributed by atoms with van der Waals surface area (Å²) < 4.78 is 0. The third kappa shape index (κ3) is 4.33. The predicted molar refractivity (Wildman–Crippen MR) is 93.1 cm³/mol. The molecule has 0 aromatic heterocycles. The number of benzene rings is 1. The second-order valence-electron chi connectivity index (χ2n) is 7.34. The second-order valence-corrected chi connectivity index (χ2v) is 7.34. The Hall–Kier alpha value is -1.39. The van der Waals surface area contributed by atoms with Crippen molar-refractivity contribution in [1.82, 2.24) is 9.80 Å². The lowest BCUT2D eigenvalue weighted by atomic mass is 9.82. The normalized spacial score (nSPS) is 23.5. The van der Waals surface area contributed by atoms with E-state index in [1.165, 1.54) is 11.1 Å². The van der Waals surface area contributed by atoms with E-state index in [4.69, 9.17) is 0 Å². The highest BCUT2D eigenvalue weighted by Crippen LogP contribution is 2.30. The molecule has 1 aromatic rings. The van der Waals surface area contributed by atoms with Crippen LogP contribution in [0, 0.1) is 12.3 Å². The van der Waals surface area contributed by atoms with Crippen LogP contribution in [0.2, 0.25) is 0 Å². The first kappa shape index (κ1) is 18.0. The maximum Gasteiger partial charge on any atom is 0.239 e. The average Bonchev–Trinajstić information content (AvgIpc) is 2.55. The van der Waals surface area contributed by atoms with Gasteiger partial charge in [-0.1, -0.05) is 31.2 Å². The summed E-state index contributed by atoms with van der Waals surface area (Å²) in [5, 5.41) is 9.60. The molecule has 1 fully saturated rings. The number of aryl methyl sites for hydroxylation is 1. The molecule has 23 heavy (non-hydrogen) atoms. The number of piperidine rings is 1. The van der Waals surface area contributed by atoms with Gasteiger partial charge in [-0.2, -0.15) is 0 Å². The molecule has 1 saturated heterocycles. The first-order valence-electron chi connectivity index (χ1n) is 8.51. The van der Waals surface area contributed by atoms with E-state index in [0.29, 0.717) is 6.54 Å². The third-order valence-corrected chi connectivity index (χ3v) is 5.14. The van der Waals surface area contributed by atoms with Gasteiger partial charge in [0.15, 0.2) is 0 Å². The molecule has 0 spiro atoms. The van der Waals surface area contributed by atoms with Crippen LogP contribution in [0.4, 0.5) is 0 Å². The van der Waals surface area contributed by atoms with Gasteiger partial charge in [0.25, 0.3) is 0 Å². The Labute approximate surface area is 140 Å². The average molecular weight is 318 g/mol. The van der Waals surface area contributed by atoms with Crippen molar-refractivity contribution in [2.45, 2.75) is 46.2 Å². The Morgan fingerprint density at radius 2 is 2.13 bits per heavy atom. The maximum atomic E-state index is 12.8. The Kier molecular flexibility index (Phi) is 5.82. The lowest BCUT2D eigenvalue weighted by Gasteiger charge is -2.42. The third-order valence-electron chi connectivity index (χ3n) is 5.14. The molecule has 128 valence electrons. The lowest BCUT2D eigenvalue weighted by Crippen LogP contribution is -2.52. The zero-order chi connectivity index (χ0) is 17.0. The van der Waals surface area contributed by atoms with Crippen LogP contribution in [0.25, 0.3) is 0 Å². The van der Waals surface area contributed by atoms with Gasteiger partial charge in [-0.3, -0.25) is 9.69 Å². The van der Waals surface area contributed by atoms with Crippen molar-refractivity contribution >= 4 is 5.91 Å². The highest BCUT2D eigenvalue weighted by Gasteiger charge is 2.35. The molecule has 0 saturated carbocycles. The smallest absolute Gasteiger partial charge is 0.239 e. The fraction of sp³-hybridized carbons (Fsp3) is 0.632. The Morgan fingerprint density at radius 1 is 1.43 bits per heavy atom. The van der Waals surface area contributed by atoms with Crippen LogP contribution in [0.1, 0.15) is 37.8 Å². The maximum absolute atomic E-state index is 12.8. The summed E-state index contributed by atoms with van der Waals surface area (Å²) in [4.78, 5) is 16.8. The van der Waals surface area contributed by atoms with Crippen molar-refractivity contribution in [1.29, 1.82) is 0 Å². The fourth-order valence-electron chi connectivity index (χ4n) is 3.41. The molecule has 1 N–H and O–H groups in total. The summed E-state index contributed by atoms with van der Waals surface area (Å²) in [6.07, 6.45) is 2.07. The van der Waals surface area contributed by atoms with E-state index in [1.807, 2.05) is 31.0 Å². The molecule has 2 atom stereocenters. The lowest BCUT2D eigenvalue weighted by molar-refractivity contribution is -0.137. The number of nitrogens with zero attached hydrogens (tertiary/aromatic N) is 2. The Bertz CT molecular complexity index is 546. The van der Waals surface area contributed by atoms with Crippen LogP contribution in [-0.4, -0.2) is 53.6 Å². The SMILES string of the molecule is Cc1ccccc1CN(C)C(=O)C(C)N1CCCC(C)(CO)C1. The van der Waals surface area contributed by atoms with Crippen molar-refractivity contribution < 1.29 is 9.90 Å². The van der Waals surface area contributed by atoms with Gasteiger partial charge in [-0.05, 0) is 44.4 Å². The molecule has 0 bridgehead atoms. The van der Waals surface area contributed by atoms with Crippen LogP contribution >= 0.6 is 0 Å². The molecular weight excluding hydrogens is 288 g/mol. The van der Waals surface area contributed by atoms with Gasteiger partial charge in [0.2, 0.25) is 5.91 Å². The number of aliphatic hydroxyl groups excluding tert-OH is 1. The molecule has 2 unspecified atom stereocenters. The van der Waals surface area contributed by atoms with Crippen molar-refractivity contribution in [2.24, 2.45) is 5.41 Å². The standard InChI is InChI=1S/C19H30N2O2/c1-15-8-5-6-9-17(15)12-20(4)18(23)16(2)21-11-7-10-19(3,13-21)14-22/h5-6,8-9,16,22H,7,10-14H2,1-4H3. The first-order valence-corrected chi connectivity index (χ1v) is 8.51. The summed E-state index contributed by atoms with van der Waals surface area (Å²) in [6, 6.07) is 8.05. The molecular formula is C19H30N2O2. The number of carbonyl (C=O) groups excluding carboxylic acids is 1. The Balaban J connectivity index is 2.00. The largest absolute Gasteiger partial charge is 0.396 e. The van der Waals surface area contributed by atoms with Crippen LogP contribution in [0.15, 0.2) is 24.3 Å². The summed E-state index contributed by atoms with van der Waals surface area (Å²) in [6.45, 7) is 8.71. The molecule has 1 heterocycles. The summed E-state index contributed by atoms with van der Waals surface area (Å²) in [7, 11) is 1.88. The highest BCUT2D eigenvalue weighted by atomic mass is 16.3. The van der Waals surface area contributed by atoms with Gasteiger partial charge < -0.3 is 10.0 Å². The van der Waals surface area contributed by atoms with E-state index in [-0.39, 0.29) is 24.0 Å². The van der Waals surface area contributed by atoms with Gasteiger partial charge in [0, 0.05) is 32.2 Å². The zero-order valence-corrected chi connectivity index (χ0v) is 14.9. The van der Waals surface area contributed by atoms with E-state index < -0.39 is 0 Å². The molecule has 1 aliphatic heterocycles. The van der Waals surface area contributed by atoms with E-state index >= 15 is 0 Å². The molecule has 2 rings (SSSR count). The van der Waals surface area contributed by atoms with Gasteiger partial charge >= 0.3 is 0 Å². The minimum Gasteiger partial charge on any atom is -0.396 e. The van der Waals surface area contributed by atoms with Gasteiger partial charge in [0.05, 0.1) is 6.04 Å². The molecule has 4 nitrogen and oxygen atoms in total. The van der Waals surface area contributed by atoms with Crippen LogP contribution in [0.3, 0.4) is 0 Å². The molecule has 1 amide bonds. The number of aliphatic hydroxyl groups is 1. The molecule has 1 aliphatic rings. The summed E-state index contributed by atoms with van der Waals surface area (Å²) in [5.74, 6) is 0.149. The fourth-order valence-corrected chi connectivity index (χ4v) is 3.41. The van der Waals surface area contributed by atoms with Crippen LogP contribution in [0.5, 0.6) is 0 Å². The number of amides is 1. The number of hydrogen-bond donors (Lipinski definition) is 1. The zero-order valence-electron chi connectivity index (χ0n) is 14.9. The van der Waals surface area contributed by atoms with Gasteiger partial charge in [-0.25, -0.2) is 0 Å². The van der Waals surface area contributed by atoms with Crippen molar-refractivity contribution in [3.63, 3.8) is 0 Å². The second kappa shape index (κ2) is 7.45. The minimum atomic E-state index is -0.143. The topological polar surface area (TPSA) is 43.8 Å². The van der Waals surface area contributed by atoms with Crippen molar-refractivity contribution in [3.8, 4) is 0 Å². The van der Waals surface area contributed by atoms with Gasteiger partial charge in [0.1, 0.15) is 0 Å². The summed E-state index contributed by atoms with van der Waals surface area (Å²) in [5.41, 5.74) is 2.32. The predicted octanol–water partition coefficient (Wildman–Crippen LogP) is 2.44. The van der Waals surface area contributed by atoms with Crippen LogP contribution in [-0.2, 0) is 11.3 Å². The quantitative estimate of drug-likeness (QED) is 0.907. The van der Waals surface area contributed by atoms with Crippen molar-refractivity contribution in [2.75, 3.05) is 26.7 Å². The summed E-state index contributed by atoms with van der Waals surface area (Å²) >= 11 is 0.